The lowest BCUT2D eigenvalue weighted by Gasteiger charge is -2.37. The highest BCUT2D eigenvalue weighted by molar-refractivity contribution is 6.31. The second-order valence-electron chi connectivity index (χ2n) is 6.44. The second-order valence-corrected chi connectivity index (χ2v) is 6.85. The molecule has 0 atom stereocenters. The number of hydrogen-bond donors (Lipinski definition) is 1. The Morgan fingerprint density at radius 3 is 2.48 bits per heavy atom. The molecule has 0 bridgehead atoms. The first-order valence-corrected chi connectivity index (χ1v) is 8.71. The van der Waals surface area contributed by atoms with Gasteiger partial charge in [-0.1, -0.05) is 48.0 Å². The van der Waals surface area contributed by atoms with Crippen molar-refractivity contribution in [2.24, 2.45) is 0 Å². The molecule has 2 aromatic rings. The number of carbonyl (C=O) groups excluding carboxylic acids is 1. The van der Waals surface area contributed by atoms with Gasteiger partial charge in [-0.3, -0.25) is 0 Å². The van der Waals surface area contributed by atoms with Crippen molar-refractivity contribution in [2.45, 2.75) is 25.2 Å². The van der Waals surface area contributed by atoms with Crippen molar-refractivity contribution in [1.82, 2.24) is 4.90 Å². The lowest BCUT2D eigenvalue weighted by atomic mass is 9.74. The number of nitrogens with one attached hydrogen (secondary N) is 1. The van der Waals surface area contributed by atoms with Crippen LogP contribution in [0.25, 0.3) is 0 Å². The molecule has 2 aromatic carbocycles. The number of nitriles is 1. The molecule has 25 heavy (non-hydrogen) atoms. The predicted molar refractivity (Wildman–Crippen MR) is 99.7 cm³/mol. The van der Waals surface area contributed by atoms with Gasteiger partial charge in [0, 0.05) is 23.8 Å². The third-order valence-corrected chi connectivity index (χ3v) is 5.27. The Kier molecular flexibility index (Phi) is 4.96. The highest BCUT2D eigenvalue weighted by Gasteiger charge is 2.37. The van der Waals surface area contributed by atoms with E-state index in [2.05, 4.69) is 11.4 Å². The number of carbonyl (C=O) groups is 1. The Hall–Kier alpha value is -2.51. The Labute approximate surface area is 153 Å². The molecule has 128 valence electrons. The van der Waals surface area contributed by atoms with Crippen LogP contribution in [0.5, 0.6) is 0 Å². The molecule has 3 rings (SSSR count). The molecule has 5 heteroatoms. The number of halogens is 1. The minimum Gasteiger partial charge on any atom is -0.324 e. The van der Waals surface area contributed by atoms with E-state index in [1.165, 1.54) is 0 Å². The first-order chi connectivity index (χ1) is 12.0. The average molecular weight is 354 g/mol. The number of amides is 2. The standard InChI is InChI=1S/C20H20ClN3O/c1-15-7-8-17(13-18(15)21)23-19(25)24-11-9-20(14-22,10-12-24)16-5-3-2-4-6-16/h2-8,13H,9-12H2,1H3,(H,23,25). The first kappa shape index (κ1) is 17.3. The third kappa shape index (κ3) is 3.62. The minimum absolute atomic E-state index is 0.153. The van der Waals surface area contributed by atoms with E-state index in [0.29, 0.717) is 36.6 Å². The van der Waals surface area contributed by atoms with Gasteiger partial charge in [0.1, 0.15) is 0 Å². The van der Waals surface area contributed by atoms with Crippen LogP contribution in [0, 0.1) is 18.3 Å². The van der Waals surface area contributed by atoms with Gasteiger partial charge in [-0.25, -0.2) is 4.79 Å². The quantitative estimate of drug-likeness (QED) is 0.847. The zero-order valence-corrected chi connectivity index (χ0v) is 14.9. The van der Waals surface area contributed by atoms with Gasteiger partial charge in [0.15, 0.2) is 0 Å². The summed E-state index contributed by atoms with van der Waals surface area (Å²) < 4.78 is 0. The van der Waals surface area contributed by atoms with Crippen LogP contribution < -0.4 is 5.32 Å². The Morgan fingerprint density at radius 2 is 1.88 bits per heavy atom. The molecule has 1 aliphatic rings. The molecular weight excluding hydrogens is 334 g/mol. The summed E-state index contributed by atoms with van der Waals surface area (Å²) in [5.41, 5.74) is 2.17. The van der Waals surface area contributed by atoms with Crippen molar-refractivity contribution in [1.29, 1.82) is 5.26 Å². The molecule has 0 saturated carbocycles. The zero-order valence-electron chi connectivity index (χ0n) is 14.1. The largest absolute Gasteiger partial charge is 0.324 e. The van der Waals surface area contributed by atoms with Crippen LogP contribution >= 0.6 is 11.6 Å². The van der Waals surface area contributed by atoms with Crippen molar-refractivity contribution in [3.05, 3.63) is 64.7 Å². The Morgan fingerprint density at radius 1 is 1.20 bits per heavy atom. The fourth-order valence-electron chi connectivity index (χ4n) is 3.19. The van der Waals surface area contributed by atoms with Crippen molar-refractivity contribution in [2.75, 3.05) is 18.4 Å². The topological polar surface area (TPSA) is 56.1 Å². The number of anilines is 1. The van der Waals surface area contributed by atoms with Gasteiger partial charge in [0.05, 0.1) is 11.5 Å². The van der Waals surface area contributed by atoms with Crippen LogP contribution in [0.4, 0.5) is 10.5 Å². The van der Waals surface area contributed by atoms with E-state index in [1.807, 2.05) is 49.4 Å². The molecule has 0 spiro atoms. The molecule has 1 aliphatic heterocycles. The van der Waals surface area contributed by atoms with Gasteiger partial charge in [-0.2, -0.15) is 5.26 Å². The number of piperidine rings is 1. The smallest absolute Gasteiger partial charge is 0.321 e. The van der Waals surface area contributed by atoms with Gasteiger partial charge >= 0.3 is 6.03 Å². The number of nitrogens with zero attached hydrogens (tertiary/aromatic N) is 2. The Bertz CT molecular complexity index is 805. The SMILES string of the molecule is Cc1ccc(NC(=O)N2CCC(C#N)(c3ccccc3)CC2)cc1Cl. The van der Waals surface area contributed by atoms with Crippen LogP contribution in [-0.4, -0.2) is 24.0 Å². The highest BCUT2D eigenvalue weighted by atomic mass is 35.5. The van der Waals surface area contributed by atoms with Crippen molar-refractivity contribution in [3.63, 3.8) is 0 Å². The number of rotatable bonds is 2. The molecule has 2 amide bonds. The summed E-state index contributed by atoms with van der Waals surface area (Å²) in [6, 6.07) is 17.6. The van der Waals surface area contributed by atoms with E-state index in [4.69, 9.17) is 11.6 Å². The second kappa shape index (κ2) is 7.16. The van der Waals surface area contributed by atoms with Gasteiger partial charge < -0.3 is 10.2 Å². The number of benzene rings is 2. The van der Waals surface area contributed by atoms with Gasteiger partial charge in [-0.05, 0) is 43.0 Å². The predicted octanol–water partition coefficient (Wildman–Crippen LogP) is 4.74. The number of hydrogen-bond acceptors (Lipinski definition) is 2. The van der Waals surface area contributed by atoms with Crippen LogP contribution in [0.2, 0.25) is 5.02 Å². The van der Waals surface area contributed by atoms with Crippen molar-refractivity contribution in [3.8, 4) is 6.07 Å². The van der Waals surface area contributed by atoms with Crippen LogP contribution in [-0.2, 0) is 5.41 Å². The van der Waals surface area contributed by atoms with E-state index < -0.39 is 5.41 Å². The van der Waals surface area contributed by atoms with Gasteiger partial charge in [-0.15, -0.1) is 0 Å². The molecule has 0 aromatic heterocycles. The first-order valence-electron chi connectivity index (χ1n) is 8.33. The zero-order chi connectivity index (χ0) is 17.9. The summed E-state index contributed by atoms with van der Waals surface area (Å²) in [5.74, 6) is 0. The van der Waals surface area contributed by atoms with E-state index in [-0.39, 0.29) is 6.03 Å². The molecule has 0 radical (unpaired) electrons. The normalized spacial score (nSPS) is 16.1. The Balaban J connectivity index is 1.66. The van der Waals surface area contributed by atoms with Crippen LogP contribution in [0.1, 0.15) is 24.0 Å². The summed E-state index contributed by atoms with van der Waals surface area (Å²) in [4.78, 5) is 14.2. The molecular formula is C20H20ClN3O. The fraction of sp³-hybridized carbons (Fsp3) is 0.300. The van der Waals surface area contributed by atoms with Crippen LogP contribution in [0.15, 0.2) is 48.5 Å². The summed E-state index contributed by atoms with van der Waals surface area (Å²) >= 11 is 6.11. The number of aryl methyl sites for hydroxylation is 1. The maximum absolute atomic E-state index is 12.5. The molecule has 1 heterocycles. The lowest BCUT2D eigenvalue weighted by molar-refractivity contribution is 0.183. The van der Waals surface area contributed by atoms with Crippen LogP contribution in [0.3, 0.4) is 0 Å². The van der Waals surface area contributed by atoms with Crippen molar-refractivity contribution >= 4 is 23.3 Å². The monoisotopic (exact) mass is 353 g/mol. The molecule has 1 saturated heterocycles. The van der Waals surface area contributed by atoms with E-state index in [0.717, 1.165) is 11.1 Å². The molecule has 1 N–H and O–H groups in total. The minimum atomic E-state index is -0.509. The maximum atomic E-state index is 12.5. The van der Waals surface area contributed by atoms with E-state index >= 15 is 0 Å². The van der Waals surface area contributed by atoms with Gasteiger partial charge in [0.2, 0.25) is 0 Å². The molecule has 4 nitrogen and oxygen atoms in total. The fourth-order valence-corrected chi connectivity index (χ4v) is 3.37. The van der Waals surface area contributed by atoms with Gasteiger partial charge in [0.25, 0.3) is 0 Å². The number of likely N-dealkylation sites (tertiary alicyclic amines) is 1. The third-order valence-electron chi connectivity index (χ3n) is 4.87. The lowest BCUT2D eigenvalue weighted by Crippen LogP contribution is -2.46. The average Bonchev–Trinajstić information content (AvgIpc) is 2.65. The maximum Gasteiger partial charge on any atom is 0.321 e. The molecule has 0 aliphatic carbocycles. The summed E-state index contributed by atoms with van der Waals surface area (Å²) in [6.45, 7) is 3.02. The summed E-state index contributed by atoms with van der Waals surface area (Å²) in [6.07, 6.45) is 1.27. The number of urea groups is 1. The highest BCUT2D eigenvalue weighted by Crippen LogP contribution is 2.35. The van der Waals surface area contributed by atoms with E-state index in [1.54, 1.807) is 11.0 Å². The van der Waals surface area contributed by atoms with E-state index in [9.17, 15) is 10.1 Å². The molecule has 1 fully saturated rings. The van der Waals surface area contributed by atoms with Crippen molar-refractivity contribution < 1.29 is 4.79 Å². The molecule has 0 unspecified atom stereocenters. The summed E-state index contributed by atoms with van der Waals surface area (Å²) in [7, 11) is 0. The summed E-state index contributed by atoms with van der Waals surface area (Å²) in [5, 5.41) is 13.2.